The van der Waals surface area contributed by atoms with E-state index >= 15 is 0 Å². The molecule has 0 radical (unpaired) electrons. The van der Waals surface area contributed by atoms with E-state index in [0.29, 0.717) is 15.8 Å². The minimum absolute atomic E-state index is 0.169. The average molecular weight is 541 g/mol. The predicted molar refractivity (Wildman–Crippen MR) is 153 cm³/mol. The fraction of sp³-hybridized carbons (Fsp3) is 0.0667. The molecule has 1 atom stereocenters. The number of rotatable bonds is 4. The zero-order chi connectivity index (χ0) is 26.3. The molecule has 1 saturated heterocycles. The molecule has 2 heterocycles. The summed E-state index contributed by atoms with van der Waals surface area (Å²) in [5.74, 6) is -0.489. The van der Waals surface area contributed by atoms with Crippen LogP contribution in [-0.2, 0) is 4.79 Å². The van der Waals surface area contributed by atoms with E-state index < -0.39 is 5.12 Å². The monoisotopic (exact) mass is 540 g/mol. The second-order valence-corrected chi connectivity index (χ2v) is 10.4. The van der Waals surface area contributed by atoms with Crippen LogP contribution >= 0.6 is 23.4 Å². The SMILES string of the molecule is CN1/C(=C/c2ccc(Cl)cc2)C(=O)N(c2ccccc2)C12SC(c1ccc(F)cc1)=NN2c1ccccc1. The van der Waals surface area contributed by atoms with Gasteiger partial charge in [0, 0.05) is 23.3 Å². The summed E-state index contributed by atoms with van der Waals surface area (Å²) < 4.78 is 13.8. The van der Waals surface area contributed by atoms with Crippen molar-refractivity contribution in [2.24, 2.45) is 5.10 Å². The van der Waals surface area contributed by atoms with Gasteiger partial charge >= 0.3 is 0 Å². The van der Waals surface area contributed by atoms with Gasteiger partial charge in [-0.2, -0.15) is 5.10 Å². The van der Waals surface area contributed by atoms with E-state index in [1.54, 1.807) is 29.2 Å². The first kappa shape index (κ1) is 24.3. The van der Waals surface area contributed by atoms with Crippen LogP contribution in [0.5, 0.6) is 0 Å². The number of benzene rings is 4. The fourth-order valence-corrected chi connectivity index (χ4v) is 6.15. The molecule has 0 saturated carbocycles. The van der Waals surface area contributed by atoms with Crippen molar-refractivity contribution >= 4 is 51.8 Å². The number of thioether (sulfide) groups is 1. The maximum Gasteiger partial charge on any atom is 0.278 e. The Morgan fingerprint density at radius 3 is 2.08 bits per heavy atom. The molecule has 4 aromatic carbocycles. The Balaban J connectivity index is 1.56. The highest BCUT2D eigenvalue weighted by Crippen LogP contribution is 2.53. The van der Waals surface area contributed by atoms with Crippen LogP contribution in [0.25, 0.3) is 6.08 Å². The van der Waals surface area contributed by atoms with Crippen molar-refractivity contribution in [2.75, 3.05) is 17.0 Å². The van der Waals surface area contributed by atoms with E-state index in [2.05, 4.69) is 0 Å². The Bertz CT molecular complexity index is 1550. The van der Waals surface area contributed by atoms with Crippen molar-refractivity contribution in [3.63, 3.8) is 0 Å². The normalized spacial score (nSPS) is 20.1. The molecular weight excluding hydrogens is 519 g/mol. The van der Waals surface area contributed by atoms with E-state index in [-0.39, 0.29) is 11.7 Å². The lowest BCUT2D eigenvalue weighted by molar-refractivity contribution is -0.114. The first-order valence-corrected chi connectivity index (χ1v) is 13.2. The number of carbonyl (C=O) groups is 1. The van der Waals surface area contributed by atoms with Gasteiger partial charge in [0.25, 0.3) is 11.0 Å². The molecule has 1 fully saturated rings. The third-order valence-corrected chi connectivity index (χ3v) is 8.16. The Hall–Kier alpha value is -4.07. The van der Waals surface area contributed by atoms with E-state index in [0.717, 1.165) is 22.5 Å². The second-order valence-electron chi connectivity index (χ2n) is 8.85. The summed E-state index contributed by atoms with van der Waals surface area (Å²) in [6.07, 6.45) is 1.86. The molecule has 8 heteroatoms. The number of hydrogen-bond acceptors (Lipinski definition) is 5. The van der Waals surface area contributed by atoms with Gasteiger partial charge < -0.3 is 4.90 Å². The van der Waals surface area contributed by atoms with E-state index in [9.17, 15) is 9.18 Å². The minimum atomic E-state index is -1.10. The number of nitrogens with zero attached hydrogens (tertiary/aromatic N) is 4. The number of carbonyl (C=O) groups excluding carboxylic acids is 1. The standard InChI is InChI=1S/C30H22ClFN4OS/c1-34-27(20-21-12-16-23(31)17-13-21)29(37)35(25-8-4-2-5-9-25)30(34)36(26-10-6-3-7-11-26)33-28(38-30)22-14-18-24(32)19-15-22/h2-20H,1H3/b27-20+. The topological polar surface area (TPSA) is 39.2 Å². The zero-order valence-electron chi connectivity index (χ0n) is 20.3. The fourth-order valence-electron chi connectivity index (χ4n) is 4.64. The van der Waals surface area contributed by atoms with Crippen LogP contribution in [0.1, 0.15) is 11.1 Å². The van der Waals surface area contributed by atoms with Crippen LogP contribution in [0.4, 0.5) is 15.8 Å². The smallest absolute Gasteiger partial charge is 0.278 e. The number of amides is 1. The maximum atomic E-state index is 14.3. The van der Waals surface area contributed by atoms with Crippen molar-refractivity contribution in [3.05, 3.63) is 137 Å². The van der Waals surface area contributed by atoms with Crippen molar-refractivity contribution in [1.29, 1.82) is 0 Å². The number of anilines is 2. The van der Waals surface area contributed by atoms with Crippen molar-refractivity contribution in [3.8, 4) is 0 Å². The zero-order valence-corrected chi connectivity index (χ0v) is 21.9. The molecule has 1 unspecified atom stereocenters. The van der Waals surface area contributed by atoms with Gasteiger partial charge in [0.1, 0.15) is 16.6 Å². The summed E-state index contributed by atoms with van der Waals surface area (Å²) in [4.78, 5) is 18.0. The molecule has 2 aliphatic rings. The lowest BCUT2D eigenvalue weighted by Gasteiger charge is -2.43. The molecule has 188 valence electrons. The Kier molecular flexibility index (Phi) is 6.18. The van der Waals surface area contributed by atoms with E-state index in [1.807, 2.05) is 95.8 Å². The lowest BCUT2D eigenvalue weighted by atomic mass is 10.2. The molecule has 0 N–H and O–H groups in total. The summed E-state index contributed by atoms with van der Waals surface area (Å²) in [6, 6.07) is 32.9. The molecule has 2 aliphatic heterocycles. The Labute approximate surface area is 229 Å². The van der Waals surface area contributed by atoms with Crippen LogP contribution in [0, 0.1) is 5.82 Å². The van der Waals surface area contributed by atoms with Gasteiger partial charge in [0.05, 0.1) is 5.69 Å². The van der Waals surface area contributed by atoms with Gasteiger partial charge in [-0.15, -0.1) is 0 Å². The number of para-hydroxylation sites is 2. The third-order valence-electron chi connectivity index (χ3n) is 6.49. The minimum Gasteiger partial charge on any atom is -0.319 e. The number of halogens is 2. The van der Waals surface area contributed by atoms with Crippen LogP contribution in [0.3, 0.4) is 0 Å². The van der Waals surface area contributed by atoms with Crippen LogP contribution < -0.4 is 9.91 Å². The molecular formula is C30H22ClFN4OS. The number of likely N-dealkylation sites (N-methyl/N-ethyl adjacent to an activating group) is 1. The summed E-state index contributed by atoms with van der Waals surface area (Å²) in [5.41, 5.74) is 3.65. The summed E-state index contributed by atoms with van der Waals surface area (Å²) >= 11 is 7.54. The molecule has 5 nitrogen and oxygen atoms in total. The summed E-state index contributed by atoms with van der Waals surface area (Å²) in [6.45, 7) is 0. The largest absolute Gasteiger partial charge is 0.319 e. The first-order chi connectivity index (χ1) is 18.5. The second kappa shape index (κ2) is 9.67. The van der Waals surface area contributed by atoms with Crippen molar-refractivity contribution in [1.82, 2.24) is 4.90 Å². The van der Waals surface area contributed by atoms with Gasteiger partial charge in [-0.25, -0.2) is 9.40 Å². The summed E-state index contributed by atoms with van der Waals surface area (Å²) in [5, 5.41) is 7.08. The lowest BCUT2D eigenvalue weighted by Crippen LogP contribution is -2.59. The highest BCUT2D eigenvalue weighted by atomic mass is 35.5. The van der Waals surface area contributed by atoms with Crippen LogP contribution in [0.2, 0.25) is 5.02 Å². The highest BCUT2D eigenvalue weighted by Gasteiger charge is 2.62. The highest BCUT2D eigenvalue weighted by molar-refractivity contribution is 8.16. The average Bonchev–Trinajstić information content (AvgIpc) is 3.43. The molecule has 6 rings (SSSR count). The predicted octanol–water partition coefficient (Wildman–Crippen LogP) is 7.03. The Morgan fingerprint density at radius 1 is 0.842 bits per heavy atom. The molecule has 38 heavy (non-hydrogen) atoms. The Morgan fingerprint density at radius 2 is 1.45 bits per heavy atom. The number of hydrazone groups is 1. The van der Waals surface area contributed by atoms with Crippen molar-refractivity contribution in [2.45, 2.75) is 5.12 Å². The van der Waals surface area contributed by atoms with Gasteiger partial charge in [0.15, 0.2) is 0 Å². The first-order valence-electron chi connectivity index (χ1n) is 12.0. The maximum absolute atomic E-state index is 14.3. The summed E-state index contributed by atoms with van der Waals surface area (Å²) in [7, 11) is 1.90. The number of hydrogen-bond donors (Lipinski definition) is 0. The van der Waals surface area contributed by atoms with Crippen LogP contribution in [-0.4, -0.2) is 28.0 Å². The molecule has 1 amide bonds. The molecule has 0 bridgehead atoms. The third kappa shape index (κ3) is 4.04. The van der Waals surface area contributed by atoms with Crippen LogP contribution in [0.15, 0.2) is 120 Å². The van der Waals surface area contributed by atoms with Gasteiger partial charge in [0.2, 0.25) is 0 Å². The van der Waals surface area contributed by atoms with Gasteiger partial charge in [-0.1, -0.05) is 60.1 Å². The molecule has 4 aromatic rings. The molecule has 0 aromatic heterocycles. The van der Waals surface area contributed by atoms with Gasteiger partial charge in [-0.05, 0) is 84.1 Å². The van der Waals surface area contributed by atoms with E-state index in [4.69, 9.17) is 16.7 Å². The molecule has 0 aliphatic carbocycles. The van der Waals surface area contributed by atoms with E-state index in [1.165, 1.54) is 23.9 Å². The molecule has 1 spiro atoms. The quantitative estimate of drug-likeness (QED) is 0.261. The van der Waals surface area contributed by atoms with Crippen molar-refractivity contribution < 1.29 is 9.18 Å². The van der Waals surface area contributed by atoms with Gasteiger partial charge in [-0.3, -0.25) is 9.69 Å².